The van der Waals surface area contributed by atoms with Crippen LogP contribution in [0.1, 0.15) is 19.3 Å². The van der Waals surface area contributed by atoms with Crippen LogP contribution in [0.2, 0.25) is 0 Å². The fourth-order valence-electron chi connectivity index (χ4n) is 2.08. The molecule has 1 aliphatic heterocycles. The van der Waals surface area contributed by atoms with Crippen LogP contribution in [0.15, 0.2) is 10.8 Å². The van der Waals surface area contributed by atoms with E-state index in [1.807, 2.05) is 7.05 Å². The molecule has 2 rings (SSSR count). The van der Waals surface area contributed by atoms with Crippen molar-refractivity contribution in [2.75, 3.05) is 38.6 Å². The summed E-state index contributed by atoms with van der Waals surface area (Å²) in [5.41, 5.74) is 0. The molecule has 1 N–H and O–H groups in total. The lowest BCUT2D eigenvalue weighted by atomic mass is 10.1. The van der Waals surface area contributed by atoms with E-state index in [9.17, 15) is 0 Å². The van der Waals surface area contributed by atoms with E-state index in [1.54, 1.807) is 0 Å². The third-order valence-corrected chi connectivity index (χ3v) is 3.80. The standard InChI is InChI=1S/C12H19BrN4O/c1-14-11-10(13)12(16-9-15-11)18-8-7-17-5-3-2-4-6-17/h9H,2-8H2,1H3,(H,14,15,16). The van der Waals surface area contributed by atoms with Gasteiger partial charge in [-0.2, -0.15) is 0 Å². The van der Waals surface area contributed by atoms with E-state index in [0.29, 0.717) is 12.5 Å². The lowest BCUT2D eigenvalue weighted by molar-refractivity contribution is 0.180. The molecule has 1 saturated heterocycles. The van der Waals surface area contributed by atoms with Gasteiger partial charge in [-0.1, -0.05) is 6.42 Å². The van der Waals surface area contributed by atoms with Crippen molar-refractivity contribution in [3.05, 3.63) is 10.8 Å². The van der Waals surface area contributed by atoms with Crippen molar-refractivity contribution in [1.82, 2.24) is 14.9 Å². The predicted molar refractivity (Wildman–Crippen MR) is 75.1 cm³/mol. The maximum absolute atomic E-state index is 5.70. The third-order valence-electron chi connectivity index (χ3n) is 3.09. The molecule has 1 aromatic rings. The van der Waals surface area contributed by atoms with Crippen molar-refractivity contribution < 1.29 is 4.74 Å². The molecular formula is C12H19BrN4O. The van der Waals surface area contributed by atoms with Gasteiger partial charge >= 0.3 is 0 Å². The fourth-order valence-corrected chi connectivity index (χ4v) is 2.60. The summed E-state index contributed by atoms with van der Waals surface area (Å²) in [5, 5.41) is 2.99. The summed E-state index contributed by atoms with van der Waals surface area (Å²) in [6.07, 6.45) is 5.48. The molecule has 1 aromatic heterocycles. The minimum absolute atomic E-state index is 0.603. The quantitative estimate of drug-likeness (QED) is 0.902. The molecule has 0 bridgehead atoms. The molecule has 2 heterocycles. The number of nitrogens with zero attached hydrogens (tertiary/aromatic N) is 3. The van der Waals surface area contributed by atoms with Crippen LogP contribution in [0.5, 0.6) is 5.88 Å². The first kappa shape index (κ1) is 13.5. The van der Waals surface area contributed by atoms with Crippen LogP contribution in [-0.2, 0) is 0 Å². The zero-order chi connectivity index (χ0) is 12.8. The number of halogens is 1. The summed E-state index contributed by atoms with van der Waals surface area (Å²) in [5.74, 6) is 1.35. The molecule has 18 heavy (non-hydrogen) atoms. The van der Waals surface area contributed by atoms with E-state index in [0.717, 1.165) is 16.8 Å². The largest absolute Gasteiger partial charge is 0.475 e. The Morgan fingerprint density at radius 1 is 1.33 bits per heavy atom. The van der Waals surface area contributed by atoms with E-state index in [4.69, 9.17) is 4.74 Å². The van der Waals surface area contributed by atoms with Gasteiger partial charge in [0.15, 0.2) is 0 Å². The van der Waals surface area contributed by atoms with E-state index < -0.39 is 0 Å². The summed E-state index contributed by atoms with van der Waals surface area (Å²) in [6.45, 7) is 4.01. The van der Waals surface area contributed by atoms with Gasteiger partial charge in [-0.3, -0.25) is 4.90 Å². The molecular weight excluding hydrogens is 296 g/mol. The van der Waals surface area contributed by atoms with Gasteiger partial charge < -0.3 is 10.1 Å². The summed E-state index contributed by atoms with van der Waals surface area (Å²) >= 11 is 3.44. The second kappa shape index (κ2) is 6.89. The molecule has 0 unspecified atom stereocenters. The van der Waals surface area contributed by atoms with E-state index in [-0.39, 0.29) is 0 Å². The molecule has 0 aromatic carbocycles. The number of nitrogens with one attached hydrogen (secondary N) is 1. The molecule has 6 heteroatoms. The Balaban J connectivity index is 1.82. The Labute approximate surface area is 116 Å². The van der Waals surface area contributed by atoms with Crippen LogP contribution in [0.4, 0.5) is 5.82 Å². The summed E-state index contributed by atoms with van der Waals surface area (Å²) in [4.78, 5) is 10.7. The van der Waals surface area contributed by atoms with Crippen molar-refractivity contribution in [2.24, 2.45) is 0 Å². The topological polar surface area (TPSA) is 50.3 Å². The average molecular weight is 315 g/mol. The molecule has 0 radical (unpaired) electrons. The Morgan fingerprint density at radius 3 is 2.83 bits per heavy atom. The van der Waals surface area contributed by atoms with Crippen LogP contribution < -0.4 is 10.1 Å². The van der Waals surface area contributed by atoms with Crippen LogP contribution in [-0.4, -0.2) is 48.2 Å². The highest BCUT2D eigenvalue weighted by molar-refractivity contribution is 9.10. The maximum Gasteiger partial charge on any atom is 0.233 e. The SMILES string of the molecule is CNc1ncnc(OCCN2CCCCC2)c1Br. The smallest absolute Gasteiger partial charge is 0.233 e. The van der Waals surface area contributed by atoms with Gasteiger partial charge in [0.2, 0.25) is 5.88 Å². The van der Waals surface area contributed by atoms with Gasteiger partial charge in [-0.05, 0) is 41.9 Å². The normalized spacial score (nSPS) is 16.6. The van der Waals surface area contributed by atoms with Crippen molar-refractivity contribution in [3.63, 3.8) is 0 Å². The first-order valence-electron chi connectivity index (χ1n) is 6.34. The van der Waals surface area contributed by atoms with Crippen LogP contribution in [0.25, 0.3) is 0 Å². The minimum Gasteiger partial charge on any atom is -0.475 e. The van der Waals surface area contributed by atoms with Crippen LogP contribution >= 0.6 is 15.9 Å². The molecule has 0 saturated carbocycles. The van der Waals surface area contributed by atoms with Crippen LogP contribution in [0.3, 0.4) is 0 Å². The highest BCUT2D eigenvalue weighted by Gasteiger charge is 2.11. The summed E-state index contributed by atoms with van der Waals surface area (Å²) in [6, 6.07) is 0. The molecule has 0 spiro atoms. The Kier molecular flexibility index (Phi) is 5.19. The second-order valence-corrected chi connectivity index (χ2v) is 5.14. The van der Waals surface area contributed by atoms with Gasteiger partial charge in [0, 0.05) is 13.6 Å². The first-order chi connectivity index (χ1) is 8.81. The highest BCUT2D eigenvalue weighted by atomic mass is 79.9. The summed E-state index contributed by atoms with van der Waals surface area (Å²) in [7, 11) is 1.82. The zero-order valence-electron chi connectivity index (χ0n) is 10.7. The minimum atomic E-state index is 0.603. The maximum atomic E-state index is 5.70. The number of hydrogen-bond donors (Lipinski definition) is 1. The fraction of sp³-hybridized carbons (Fsp3) is 0.667. The monoisotopic (exact) mass is 314 g/mol. The number of ether oxygens (including phenoxy) is 1. The van der Waals surface area contributed by atoms with E-state index in [2.05, 4.69) is 36.1 Å². The van der Waals surface area contributed by atoms with Gasteiger partial charge in [-0.15, -0.1) is 0 Å². The van der Waals surface area contributed by atoms with Crippen molar-refractivity contribution in [2.45, 2.75) is 19.3 Å². The number of likely N-dealkylation sites (tertiary alicyclic amines) is 1. The van der Waals surface area contributed by atoms with E-state index >= 15 is 0 Å². The number of hydrogen-bond acceptors (Lipinski definition) is 5. The van der Waals surface area contributed by atoms with Crippen molar-refractivity contribution in [1.29, 1.82) is 0 Å². The molecule has 1 aliphatic rings. The van der Waals surface area contributed by atoms with Gasteiger partial charge in [0.25, 0.3) is 0 Å². The van der Waals surface area contributed by atoms with Gasteiger partial charge in [0.1, 0.15) is 23.2 Å². The number of rotatable bonds is 5. The first-order valence-corrected chi connectivity index (χ1v) is 7.14. The molecule has 0 aliphatic carbocycles. The number of anilines is 1. The average Bonchev–Trinajstić information content (AvgIpc) is 2.42. The lowest BCUT2D eigenvalue weighted by Crippen LogP contribution is -2.33. The van der Waals surface area contributed by atoms with E-state index in [1.165, 1.54) is 38.7 Å². The van der Waals surface area contributed by atoms with Crippen molar-refractivity contribution in [3.8, 4) is 5.88 Å². The number of piperidine rings is 1. The Hall–Kier alpha value is -0.880. The molecule has 0 amide bonds. The second-order valence-electron chi connectivity index (χ2n) is 4.34. The third kappa shape index (κ3) is 3.55. The molecule has 5 nitrogen and oxygen atoms in total. The van der Waals surface area contributed by atoms with Gasteiger partial charge in [-0.25, -0.2) is 9.97 Å². The zero-order valence-corrected chi connectivity index (χ0v) is 12.2. The lowest BCUT2D eigenvalue weighted by Gasteiger charge is -2.26. The molecule has 100 valence electrons. The summed E-state index contributed by atoms with van der Waals surface area (Å²) < 4.78 is 6.49. The predicted octanol–water partition coefficient (Wildman–Crippen LogP) is 2.15. The van der Waals surface area contributed by atoms with Crippen LogP contribution in [0, 0.1) is 0 Å². The number of aromatic nitrogens is 2. The molecule has 1 fully saturated rings. The Bertz CT molecular complexity index is 382. The highest BCUT2D eigenvalue weighted by Crippen LogP contribution is 2.27. The Morgan fingerprint density at radius 2 is 2.11 bits per heavy atom. The molecule has 0 atom stereocenters. The van der Waals surface area contributed by atoms with Gasteiger partial charge in [0.05, 0.1) is 0 Å². The van der Waals surface area contributed by atoms with Crippen molar-refractivity contribution >= 4 is 21.7 Å².